The van der Waals surface area contributed by atoms with E-state index in [1.165, 1.54) is 35.1 Å². The van der Waals surface area contributed by atoms with E-state index >= 15 is 0 Å². The molecule has 0 unspecified atom stereocenters. The highest BCUT2D eigenvalue weighted by Crippen LogP contribution is 2.21. The molecule has 0 aliphatic rings. The summed E-state index contributed by atoms with van der Waals surface area (Å²) in [5, 5.41) is 11.2. The number of carbonyl (C=O) groups is 1. The van der Waals surface area contributed by atoms with E-state index in [-0.39, 0.29) is 17.7 Å². The van der Waals surface area contributed by atoms with E-state index in [1.807, 2.05) is 0 Å². The van der Waals surface area contributed by atoms with Gasteiger partial charge in [0.05, 0.1) is 11.3 Å². The first kappa shape index (κ1) is 17.0. The minimum Gasteiger partial charge on any atom is -0.337 e. The predicted molar refractivity (Wildman–Crippen MR) is 86.3 cm³/mol. The van der Waals surface area contributed by atoms with Crippen LogP contribution in [0.1, 0.15) is 15.9 Å². The van der Waals surface area contributed by atoms with E-state index in [2.05, 4.69) is 15.5 Å². The normalized spacial score (nSPS) is 10.7. The van der Waals surface area contributed by atoms with Gasteiger partial charge in [-0.05, 0) is 34.7 Å². The number of hydrogen-bond donors (Lipinski definition) is 0. The van der Waals surface area contributed by atoms with Crippen molar-refractivity contribution in [3.63, 3.8) is 0 Å². The predicted octanol–water partition coefficient (Wildman–Crippen LogP) is 2.87. The maximum atomic E-state index is 13.8. The van der Waals surface area contributed by atoms with E-state index in [1.54, 1.807) is 12.1 Å². The molecule has 0 fully saturated rings. The highest BCUT2D eigenvalue weighted by atomic mass is 35.5. The van der Waals surface area contributed by atoms with Crippen LogP contribution in [0.3, 0.4) is 0 Å². The number of halogens is 3. The Labute approximate surface area is 146 Å². The van der Waals surface area contributed by atoms with Crippen molar-refractivity contribution in [3.8, 4) is 5.69 Å². The molecule has 3 rings (SSSR count). The number of rotatable bonds is 4. The third-order valence-corrected chi connectivity index (χ3v) is 3.79. The van der Waals surface area contributed by atoms with Gasteiger partial charge in [-0.3, -0.25) is 4.79 Å². The summed E-state index contributed by atoms with van der Waals surface area (Å²) in [5.74, 6) is -1.80. The first-order chi connectivity index (χ1) is 12.0. The maximum Gasteiger partial charge on any atom is 0.256 e. The van der Waals surface area contributed by atoms with Crippen molar-refractivity contribution in [2.45, 2.75) is 6.54 Å². The van der Waals surface area contributed by atoms with Gasteiger partial charge in [0, 0.05) is 30.2 Å². The van der Waals surface area contributed by atoms with Crippen molar-refractivity contribution >= 4 is 17.5 Å². The first-order valence-electron chi connectivity index (χ1n) is 7.18. The number of aromatic nitrogens is 4. The van der Waals surface area contributed by atoms with Crippen LogP contribution < -0.4 is 0 Å². The zero-order chi connectivity index (χ0) is 18.0. The van der Waals surface area contributed by atoms with E-state index in [9.17, 15) is 13.6 Å². The highest BCUT2D eigenvalue weighted by molar-refractivity contribution is 6.31. The van der Waals surface area contributed by atoms with Crippen molar-refractivity contribution in [1.29, 1.82) is 0 Å². The third-order valence-electron chi connectivity index (χ3n) is 3.55. The van der Waals surface area contributed by atoms with Crippen LogP contribution in [-0.2, 0) is 6.54 Å². The number of tetrazole rings is 1. The summed E-state index contributed by atoms with van der Waals surface area (Å²) in [4.78, 5) is 14.1. The van der Waals surface area contributed by atoms with Crippen molar-refractivity contribution in [3.05, 3.63) is 70.5 Å². The lowest BCUT2D eigenvalue weighted by Gasteiger charge is -2.19. The third kappa shape index (κ3) is 3.63. The van der Waals surface area contributed by atoms with Gasteiger partial charge < -0.3 is 4.90 Å². The molecule has 0 spiro atoms. The largest absolute Gasteiger partial charge is 0.337 e. The standard InChI is InChI=1S/C16H12ClF2N5O/c1-23(8-10-2-4-12(18)7-14(10)19)16(25)13-6-11(17)3-5-15(13)24-9-20-21-22-24/h2-7,9H,8H2,1H3. The molecular weight excluding hydrogens is 352 g/mol. The molecule has 0 saturated heterocycles. The molecular formula is C16H12ClF2N5O. The Morgan fingerprint density at radius 3 is 2.72 bits per heavy atom. The minimum absolute atomic E-state index is 0.0352. The van der Waals surface area contributed by atoms with E-state index in [4.69, 9.17) is 11.6 Å². The molecule has 0 N–H and O–H groups in total. The number of hydrogen-bond acceptors (Lipinski definition) is 4. The lowest BCUT2D eigenvalue weighted by atomic mass is 10.1. The lowest BCUT2D eigenvalue weighted by molar-refractivity contribution is 0.0783. The van der Waals surface area contributed by atoms with Gasteiger partial charge in [0.1, 0.15) is 18.0 Å². The van der Waals surface area contributed by atoms with Crippen molar-refractivity contribution < 1.29 is 13.6 Å². The lowest BCUT2D eigenvalue weighted by Crippen LogP contribution is -2.28. The Morgan fingerprint density at radius 1 is 1.24 bits per heavy atom. The fraction of sp³-hybridized carbons (Fsp3) is 0.125. The smallest absolute Gasteiger partial charge is 0.256 e. The molecule has 0 bridgehead atoms. The molecule has 3 aromatic rings. The second kappa shape index (κ2) is 6.94. The minimum atomic E-state index is -0.716. The van der Waals surface area contributed by atoms with Crippen LogP contribution in [0.4, 0.5) is 8.78 Å². The number of benzene rings is 2. The Balaban J connectivity index is 1.91. The van der Waals surface area contributed by atoms with Crippen LogP contribution in [0.15, 0.2) is 42.7 Å². The Kier molecular flexibility index (Phi) is 4.71. The van der Waals surface area contributed by atoms with Crippen molar-refractivity contribution in [1.82, 2.24) is 25.1 Å². The topological polar surface area (TPSA) is 63.9 Å². The first-order valence-corrected chi connectivity index (χ1v) is 7.56. The molecule has 0 saturated carbocycles. The summed E-state index contributed by atoms with van der Waals surface area (Å²) in [7, 11) is 1.51. The average Bonchev–Trinajstić information content (AvgIpc) is 3.11. The van der Waals surface area contributed by atoms with Crippen LogP contribution in [0.25, 0.3) is 5.69 Å². The SMILES string of the molecule is CN(Cc1ccc(F)cc1F)C(=O)c1cc(Cl)ccc1-n1cnnn1. The quantitative estimate of drug-likeness (QED) is 0.715. The van der Waals surface area contributed by atoms with E-state index in [0.29, 0.717) is 10.7 Å². The molecule has 0 atom stereocenters. The molecule has 25 heavy (non-hydrogen) atoms. The van der Waals surface area contributed by atoms with Crippen LogP contribution >= 0.6 is 11.6 Å². The molecule has 1 heterocycles. The fourth-order valence-electron chi connectivity index (χ4n) is 2.33. The molecule has 0 aliphatic heterocycles. The molecule has 1 aromatic heterocycles. The van der Waals surface area contributed by atoms with Crippen LogP contribution in [0.5, 0.6) is 0 Å². The van der Waals surface area contributed by atoms with Gasteiger partial charge in [-0.25, -0.2) is 8.78 Å². The molecule has 1 amide bonds. The molecule has 6 nitrogen and oxygen atoms in total. The fourth-order valence-corrected chi connectivity index (χ4v) is 2.51. The van der Waals surface area contributed by atoms with Gasteiger partial charge >= 0.3 is 0 Å². The van der Waals surface area contributed by atoms with Gasteiger partial charge in [0.15, 0.2) is 0 Å². The second-order valence-corrected chi connectivity index (χ2v) is 5.75. The van der Waals surface area contributed by atoms with Crippen LogP contribution in [0, 0.1) is 11.6 Å². The molecule has 128 valence electrons. The molecule has 0 radical (unpaired) electrons. The van der Waals surface area contributed by atoms with E-state index in [0.717, 1.165) is 12.1 Å². The number of carbonyl (C=O) groups excluding carboxylic acids is 1. The number of nitrogens with zero attached hydrogens (tertiary/aromatic N) is 5. The Bertz CT molecular complexity index is 917. The average molecular weight is 364 g/mol. The summed E-state index contributed by atoms with van der Waals surface area (Å²) in [6.45, 7) is -0.0352. The summed E-state index contributed by atoms with van der Waals surface area (Å²) < 4.78 is 28.1. The van der Waals surface area contributed by atoms with Crippen molar-refractivity contribution in [2.75, 3.05) is 7.05 Å². The zero-order valence-electron chi connectivity index (χ0n) is 13.0. The van der Waals surface area contributed by atoms with Crippen LogP contribution in [0.2, 0.25) is 5.02 Å². The molecule has 2 aromatic carbocycles. The molecule has 0 aliphatic carbocycles. The van der Waals surface area contributed by atoms with Crippen LogP contribution in [-0.4, -0.2) is 38.1 Å². The summed E-state index contributed by atoms with van der Waals surface area (Å²) in [5.41, 5.74) is 0.888. The van der Waals surface area contributed by atoms with E-state index < -0.39 is 17.5 Å². The summed E-state index contributed by atoms with van der Waals surface area (Å²) in [6, 6.07) is 7.92. The second-order valence-electron chi connectivity index (χ2n) is 5.31. The van der Waals surface area contributed by atoms with Gasteiger partial charge in [0.25, 0.3) is 5.91 Å². The summed E-state index contributed by atoms with van der Waals surface area (Å²) in [6.07, 6.45) is 1.35. The molecule has 9 heteroatoms. The Hall–Kier alpha value is -2.87. The van der Waals surface area contributed by atoms with Gasteiger partial charge in [0.2, 0.25) is 0 Å². The van der Waals surface area contributed by atoms with Crippen molar-refractivity contribution in [2.24, 2.45) is 0 Å². The monoisotopic (exact) mass is 363 g/mol. The summed E-state index contributed by atoms with van der Waals surface area (Å²) >= 11 is 6.00. The zero-order valence-corrected chi connectivity index (χ0v) is 13.8. The van der Waals surface area contributed by atoms with Gasteiger partial charge in [-0.15, -0.1) is 5.10 Å². The highest BCUT2D eigenvalue weighted by Gasteiger charge is 2.19. The maximum absolute atomic E-state index is 13.8. The Morgan fingerprint density at radius 2 is 2.04 bits per heavy atom. The van der Waals surface area contributed by atoms with Gasteiger partial charge in [-0.2, -0.15) is 4.68 Å². The number of amides is 1. The van der Waals surface area contributed by atoms with Gasteiger partial charge in [-0.1, -0.05) is 17.7 Å².